The first-order chi connectivity index (χ1) is 11.9. The van der Waals surface area contributed by atoms with Crippen LogP contribution in [0, 0.1) is 0 Å². The smallest absolute Gasteiger partial charge is 0.269 e. The van der Waals surface area contributed by atoms with E-state index in [9.17, 15) is 9.59 Å². The summed E-state index contributed by atoms with van der Waals surface area (Å²) in [4.78, 5) is 25.8. The van der Waals surface area contributed by atoms with E-state index in [1.54, 1.807) is 30.2 Å². The summed E-state index contributed by atoms with van der Waals surface area (Å²) in [5.41, 5.74) is 6.07. The molecule has 0 aliphatic carbocycles. The summed E-state index contributed by atoms with van der Waals surface area (Å²) in [5.74, 6) is -0.372. The number of carbonyl (C=O) groups excluding carboxylic acids is 2. The molecule has 0 aromatic heterocycles. The number of thiocarbonyl (C=S) groups is 1. The van der Waals surface area contributed by atoms with Crippen LogP contribution in [0.1, 0.15) is 30.1 Å². The molecule has 1 atom stereocenters. The highest BCUT2D eigenvalue weighted by molar-refractivity contribution is 7.80. The van der Waals surface area contributed by atoms with E-state index in [0.717, 1.165) is 6.42 Å². The second kappa shape index (κ2) is 8.98. The molecule has 3 N–H and O–H groups in total. The largest absolute Gasteiger partial charge is 0.383 e. The minimum Gasteiger partial charge on any atom is -0.383 e. The minimum absolute atomic E-state index is 0.00483. The Balaban J connectivity index is 1.98. The average molecular weight is 385 g/mol. The number of halogens is 1. The number of hydrazine groups is 1. The molecule has 1 aliphatic rings. The molecule has 1 aliphatic heterocycles. The zero-order valence-corrected chi connectivity index (χ0v) is 15.7. The summed E-state index contributed by atoms with van der Waals surface area (Å²) < 4.78 is 5.00. The zero-order valence-electron chi connectivity index (χ0n) is 14.1. The number of carbonyl (C=O) groups is 2. The third-order valence-electron chi connectivity index (χ3n) is 3.66. The third kappa shape index (κ3) is 5.29. The van der Waals surface area contributed by atoms with Gasteiger partial charge in [-0.25, -0.2) is 0 Å². The standard InChI is InChI=1S/C16H21ClN4O3S/c1-10(9-24-2)18-16(25)20-19-15(23)11-5-6-12(17)13(8-11)21-7-3-4-14(21)22/h5-6,8,10H,3-4,7,9H2,1-2H3,(H,19,23)(H2,18,20,25)/t10-/m0/s1. The van der Waals surface area contributed by atoms with Crippen molar-refractivity contribution in [2.24, 2.45) is 0 Å². The zero-order chi connectivity index (χ0) is 18.4. The molecular weight excluding hydrogens is 364 g/mol. The van der Waals surface area contributed by atoms with Crippen molar-refractivity contribution in [2.75, 3.05) is 25.2 Å². The molecule has 1 aromatic rings. The van der Waals surface area contributed by atoms with Gasteiger partial charge in [-0.05, 0) is 43.8 Å². The van der Waals surface area contributed by atoms with Gasteiger partial charge in [-0.3, -0.25) is 20.4 Å². The van der Waals surface area contributed by atoms with E-state index in [1.165, 1.54) is 0 Å². The number of benzene rings is 1. The predicted molar refractivity (Wildman–Crippen MR) is 101 cm³/mol. The molecule has 9 heteroatoms. The molecule has 0 saturated carbocycles. The lowest BCUT2D eigenvalue weighted by Gasteiger charge is -2.19. The number of nitrogens with zero attached hydrogens (tertiary/aromatic N) is 1. The van der Waals surface area contributed by atoms with Crippen LogP contribution in [0.5, 0.6) is 0 Å². The average Bonchev–Trinajstić information content (AvgIpc) is 2.99. The lowest BCUT2D eigenvalue weighted by Crippen LogP contribution is -2.49. The van der Waals surface area contributed by atoms with Gasteiger partial charge in [0, 0.05) is 31.7 Å². The molecule has 1 aromatic carbocycles. The summed E-state index contributed by atoms with van der Waals surface area (Å²) in [6, 6.07) is 4.81. The summed E-state index contributed by atoms with van der Waals surface area (Å²) in [5, 5.41) is 3.68. The fraction of sp³-hybridized carbons (Fsp3) is 0.438. The first-order valence-corrected chi connectivity index (χ1v) is 8.66. The van der Waals surface area contributed by atoms with Gasteiger partial charge in [0.15, 0.2) is 5.11 Å². The van der Waals surface area contributed by atoms with Crippen LogP contribution in [0.4, 0.5) is 5.69 Å². The van der Waals surface area contributed by atoms with Crippen LogP contribution >= 0.6 is 23.8 Å². The van der Waals surface area contributed by atoms with Crippen molar-refractivity contribution >= 4 is 46.4 Å². The van der Waals surface area contributed by atoms with Crippen LogP contribution in [-0.2, 0) is 9.53 Å². The first-order valence-electron chi connectivity index (χ1n) is 7.88. The Bertz CT molecular complexity index is 671. The predicted octanol–water partition coefficient (Wildman–Crippen LogP) is 1.61. The number of methoxy groups -OCH3 is 1. The van der Waals surface area contributed by atoms with E-state index in [0.29, 0.717) is 35.8 Å². The maximum absolute atomic E-state index is 12.3. The molecule has 2 amide bonds. The van der Waals surface area contributed by atoms with E-state index >= 15 is 0 Å². The van der Waals surface area contributed by atoms with E-state index in [-0.39, 0.29) is 23.0 Å². The molecular formula is C16H21ClN4O3S. The molecule has 0 unspecified atom stereocenters. The van der Waals surface area contributed by atoms with Gasteiger partial charge in [0.25, 0.3) is 5.91 Å². The molecule has 1 heterocycles. The number of rotatable bonds is 5. The maximum atomic E-state index is 12.3. The number of ether oxygens (including phenoxy) is 1. The van der Waals surface area contributed by atoms with Gasteiger partial charge < -0.3 is 15.0 Å². The lowest BCUT2D eigenvalue weighted by atomic mass is 10.2. The van der Waals surface area contributed by atoms with Crippen molar-refractivity contribution in [3.8, 4) is 0 Å². The minimum atomic E-state index is -0.381. The Morgan fingerprint density at radius 1 is 1.44 bits per heavy atom. The molecule has 2 rings (SSSR count). The second-order valence-corrected chi connectivity index (χ2v) is 6.54. The van der Waals surface area contributed by atoms with E-state index < -0.39 is 0 Å². The molecule has 0 radical (unpaired) electrons. The Morgan fingerprint density at radius 3 is 2.84 bits per heavy atom. The highest BCUT2D eigenvalue weighted by Gasteiger charge is 2.24. The van der Waals surface area contributed by atoms with Crippen LogP contribution in [-0.4, -0.2) is 43.2 Å². The van der Waals surface area contributed by atoms with Crippen LogP contribution in [0.15, 0.2) is 18.2 Å². The lowest BCUT2D eigenvalue weighted by molar-refractivity contribution is -0.117. The van der Waals surface area contributed by atoms with Gasteiger partial charge in [-0.1, -0.05) is 11.6 Å². The van der Waals surface area contributed by atoms with Crippen molar-refractivity contribution in [3.63, 3.8) is 0 Å². The number of hydrogen-bond acceptors (Lipinski definition) is 4. The van der Waals surface area contributed by atoms with Crippen molar-refractivity contribution in [2.45, 2.75) is 25.8 Å². The van der Waals surface area contributed by atoms with Crippen molar-refractivity contribution in [1.29, 1.82) is 0 Å². The summed E-state index contributed by atoms with van der Waals surface area (Å²) in [6.07, 6.45) is 1.28. The topological polar surface area (TPSA) is 82.7 Å². The molecule has 0 bridgehead atoms. The second-order valence-electron chi connectivity index (χ2n) is 5.72. The van der Waals surface area contributed by atoms with Crippen molar-refractivity contribution < 1.29 is 14.3 Å². The summed E-state index contributed by atoms with van der Waals surface area (Å²) in [7, 11) is 1.60. The van der Waals surface area contributed by atoms with E-state index in [2.05, 4.69) is 16.2 Å². The van der Waals surface area contributed by atoms with Crippen LogP contribution in [0.3, 0.4) is 0 Å². The molecule has 1 saturated heterocycles. The van der Waals surface area contributed by atoms with Gasteiger partial charge in [-0.2, -0.15) is 0 Å². The SMILES string of the molecule is COC[C@H](C)NC(=S)NNC(=O)c1ccc(Cl)c(N2CCCC2=O)c1. The quantitative estimate of drug-likeness (QED) is 0.528. The van der Waals surface area contributed by atoms with Gasteiger partial charge in [0.2, 0.25) is 5.91 Å². The molecule has 7 nitrogen and oxygen atoms in total. The Kier molecular flexibility index (Phi) is 6.98. The van der Waals surface area contributed by atoms with Crippen LogP contribution in [0.2, 0.25) is 5.02 Å². The Morgan fingerprint density at radius 2 is 2.20 bits per heavy atom. The van der Waals surface area contributed by atoms with Gasteiger partial charge in [0.1, 0.15) is 0 Å². The van der Waals surface area contributed by atoms with Crippen LogP contribution < -0.4 is 21.1 Å². The fourth-order valence-electron chi connectivity index (χ4n) is 2.50. The van der Waals surface area contributed by atoms with Crippen molar-refractivity contribution in [1.82, 2.24) is 16.2 Å². The third-order valence-corrected chi connectivity index (χ3v) is 4.20. The fourth-order valence-corrected chi connectivity index (χ4v) is 2.97. The van der Waals surface area contributed by atoms with Gasteiger partial charge in [-0.15, -0.1) is 0 Å². The highest BCUT2D eigenvalue weighted by Crippen LogP contribution is 2.30. The van der Waals surface area contributed by atoms with Gasteiger partial charge >= 0.3 is 0 Å². The number of anilines is 1. The maximum Gasteiger partial charge on any atom is 0.269 e. The van der Waals surface area contributed by atoms with E-state index in [1.807, 2.05) is 6.92 Å². The molecule has 1 fully saturated rings. The molecule has 136 valence electrons. The normalized spacial score (nSPS) is 15.0. The van der Waals surface area contributed by atoms with Gasteiger partial charge in [0.05, 0.1) is 17.3 Å². The number of nitrogens with one attached hydrogen (secondary N) is 3. The summed E-state index contributed by atoms with van der Waals surface area (Å²) >= 11 is 11.3. The number of hydrogen-bond donors (Lipinski definition) is 3. The first kappa shape index (κ1) is 19.4. The molecule has 25 heavy (non-hydrogen) atoms. The summed E-state index contributed by atoms with van der Waals surface area (Å²) in [6.45, 7) is 2.99. The molecule has 0 spiro atoms. The highest BCUT2D eigenvalue weighted by atomic mass is 35.5. The van der Waals surface area contributed by atoms with E-state index in [4.69, 9.17) is 28.6 Å². The monoisotopic (exact) mass is 384 g/mol. The van der Waals surface area contributed by atoms with Crippen molar-refractivity contribution in [3.05, 3.63) is 28.8 Å². The Labute approximate surface area is 157 Å². The van der Waals surface area contributed by atoms with Crippen LogP contribution in [0.25, 0.3) is 0 Å². The number of amides is 2. The Hall–Kier alpha value is -1.90.